The van der Waals surface area contributed by atoms with E-state index in [4.69, 9.17) is 23.2 Å². The fourth-order valence-corrected chi connectivity index (χ4v) is 5.03. The number of nitrogens with zero attached hydrogens (tertiary/aromatic N) is 3. The van der Waals surface area contributed by atoms with Crippen molar-refractivity contribution in [3.05, 3.63) is 49.6 Å². The molecule has 0 radical (unpaired) electrons. The summed E-state index contributed by atoms with van der Waals surface area (Å²) in [5, 5.41) is 13.2. The van der Waals surface area contributed by atoms with Crippen molar-refractivity contribution in [1.82, 2.24) is 14.8 Å². The lowest BCUT2D eigenvalue weighted by Gasteiger charge is -2.09. The summed E-state index contributed by atoms with van der Waals surface area (Å²) >= 11 is 15.9. The molecule has 0 atom stereocenters. The molecule has 0 aliphatic carbocycles. The molecular formula is C17H17Cl2N3S2. The minimum absolute atomic E-state index is 0.665. The zero-order chi connectivity index (χ0) is 17.3. The van der Waals surface area contributed by atoms with E-state index in [9.17, 15) is 0 Å². The van der Waals surface area contributed by atoms with Gasteiger partial charge in [-0.1, -0.05) is 41.0 Å². The molecule has 0 spiro atoms. The summed E-state index contributed by atoms with van der Waals surface area (Å²) in [6, 6.07) is 5.57. The third-order valence-corrected chi connectivity index (χ3v) is 6.68. The SMILES string of the molecule is CCn1c(SCc2c(Cl)cccc2Cl)nnc1-c1csc(C)c1C. The van der Waals surface area contributed by atoms with E-state index < -0.39 is 0 Å². The average molecular weight is 398 g/mol. The predicted molar refractivity (Wildman–Crippen MR) is 105 cm³/mol. The molecule has 3 aromatic rings. The first-order valence-electron chi connectivity index (χ1n) is 7.56. The van der Waals surface area contributed by atoms with Crippen LogP contribution in [-0.4, -0.2) is 14.8 Å². The Balaban J connectivity index is 1.89. The lowest BCUT2D eigenvalue weighted by molar-refractivity contribution is 0.687. The van der Waals surface area contributed by atoms with Crippen molar-refractivity contribution in [2.75, 3.05) is 0 Å². The minimum Gasteiger partial charge on any atom is -0.302 e. The number of hydrogen-bond acceptors (Lipinski definition) is 4. The van der Waals surface area contributed by atoms with Crippen molar-refractivity contribution < 1.29 is 0 Å². The van der Waals surface area contributed by atoms with Crippen LogP contribution in [0.15, 0.2) is 28.7 Å². The van der Waals surface area contributed by atoms with Gasteiger partial charge in [-0.3, -0.25) is 0 Å². The fraction of sp³-hybridized carbons (Fsp3) is 0.294. The number of aryl methyl sites for hydroxylation is 1. The Morgan fingerprint density at radius 2 is 1.88 bits per heavy atom. The van der Waals surface area contributed by atoms with Crippen LogP contribution in [-0.2, 0) is 12.3 Å². The van der Waals surface area contributed by atoms with Gasteiger partial charge in [0.15, 0.2) is 11.0 Å². The van der Waals surface area contributed by atoms with Crippen LogP contribution in [0.1, 0.15) is 22.9 Å². The summed E-state index contributed by atoms with van der Waals surface area (Å²) in [6.45, 7) is 7.18. The lowest BCUT2D eigenvalue weighted by atomic mass is 10.1. The topological polar surface area (TPSA) is 30.7 Å². The van der Waals surface area contributed by atoms with E-state index in [1.165, 1.54) is 10.4 Å². The van der Waals surface area contributed by atoms with Gasteiger partial charge in [-0.2, -0.15) is 0 Å². The Hall–Kier alpha value is -1.01. The molecule has 0 saturated carbocycles. The van der Waals surface area contributed by atoms with Crippen molar-refractivity contribution in [3.63, 3.8) is 0 Å². The molecule has 0 N–H and O–H groups in total. The molecular weight excluding hydrogens is 381 g/mol. The van der Waals surface area contributed by atoms with E-state index in [-0.39, 0.29) is 0 Å². The maximum absolute atomic E-state index is 6.25. The molecule has 3 nitrogen and oxygen atoms in total. The lowest BCUT2D eigenvalue weighted by Crippen LogP contribution is -2.00. The van der Waals surface area contributed by atoms with Crippen molar-refractivity contribution in [1.29, 1.82) is 0 Å². The standard InChI is InChI=1S/C17H17Cl2N3S2/c1-4-22-16(12-8-23-11(3)10(12)2)20-21-17(22)24-9-13-14(18)6-5-7-15(13)19/h5-8H,4,9H2,1-3H3. The van der Waals surface area contributed by atoms with Gasteiger partial charge in [-0.15, -0.1) is 21.5 Å². The van der Waals surface area contributed by atoms with Gasteiger partial charge in [0.2, 0.25) is 0 Å². The number of halogens is 2. The highest BCUT2D eigenvalue weighted by molar-refractivity contribution is 7.98. The number of rotatable bonds is 5. The van der Waals surface area contributed by atoms with Gasteiger partial charge in [0, 0.05) is 38.2 Å². The number of hydrogen-bond donors (Lipinski definition) is 0. The Morgan fingerprint density at radius 3 is 2.46 bits per heavy atom. The molecule has 0 unspecified atom stereocenters. The third kappa shape index (κ3) is 3.36. The zero-order valence-electron chi connectivity index (χ0n) is 13.6. The molecule has 3 rings (SSSR count). The fourth-order valence-electron chi connectivity index (χ4n) is 2.42. The van der Waals surface area contributed by atoms with Gasteiger partial charge in [0.25, 0.3) is 0 Å². The molecule has 24 heavy (non-hydrogen) atoms. The van der Waals surface area contributed by atoms with Gasteiger partial charge >= 0.3 is 0 Å². The van der Waals surface area contributed by atoms with E-state index in [1.807, 2.05) is 18.2 Å². The molecule has 2 heterocycles. The third-order valence-electron chi connectivity index (χ3n) is 3.97. The van der Waals surface area contributed by atoms with Crippen molar-refractivity contribution >= 4 is 46.3 Å². The Morgan fingerprint density at radius 1 is 1.17 bits per heavy atom. The quantitative estimate of drug-likeness (QED) is 0.477. The normalized spacial score (nSPS) is 11.2. The van der Waals surface area contributed by atoms with Gasteiger partial charge in [0.1, 0.15) is 0 Å². The second-order valence-corrected chi connectivity index (χ2v) is 8.21. The maximum Gasteiger partial charge on any atom is 0.191 e. The van der Waals surface area contributed by atoms with E-state index in [0.29, 0.717) is 15.8 Å². The number of thioether (sulfide) groups is 1. The molecule has 1 aromatic carbocycles. The van der Waals surface area contributed by atoms with Gasteiger partial charge in [-0.25, -0.2) is 0 Å². The smallest absolute Gasteiger partial charge is 0.191 e. The Labute approximate surface area is 160 Å². The van der Waals surface area contributed by atoms with Crippen LogP contribution in [0.4, 0.5) is 0 Å². The van der Waals surface area contributed by atoms with Crippen molar-refractivity contribution in [2.24, 2.45) is 0 Å². The number of benzene rings is 1. The molecule has 0 aliphatic heterocycles. The first kappa shape index (κ1) is 17.8. The Bertz CT molecular complexity index is 851. The van der Waals surface area contributed by atoms with Gasteiger partial charge in [0.05, 0.1) is 0 Å². The van der Waals surface area contributed by atoms with Crippen LogP contribution in [0.3, 0.4) is 0 Å². The summed E-state index contributed by atoms with van der Waals surface area (Å²) in [4.78, 5) is 1.31. The summed E-state index contributed by atoms with van der Waals surface area (Å²) < 4.78 is 2.14. The van der Waals surface area contributed by atoms with Crippen LogP contribution >= 0.6 is 46.3 Å². The second-order valence-electron chi connectivity index (χ2n) is 5.37. The molecule has 7 heteroatoms. The van der Waals surface area contributed by atoms with Gasteiger partial charge in [-0.05, 0) is 44.0 Å². The van der Waals surface area contributed by atoms with Crippen LogP contribution < -0.4 is 0 Å². The van der Waals surface area contributed by atoms with Crippen LogP contribution in [0, 0.1) is 13.8 Å². The van der Waals surface area contributed by atoms with E-state index in [1.54, 1.807) is 23.1 Å². The molecule has 2 aromatic heterocycles. The highest BCUT2D eigenvalue weighted by Crippen LogP contribution is 2.34. The monoisotopic (exact) mass is 397 g/mol. The molecule has 0 saturated heterocycles. The predicted octanol–water partition coefficient (Wildman–Crippen LogP) is 6.24. The van der Waals surface area contributed by atoms with Gasteiger partial charge < -0.3 is 4.57 Å². The molecule has 126 valence electrons. The summed E-state index contributed by atoms with van der Waals surface area (Å²) in [7, 11) is 0. The van der Waals surface area contributed by atoms with E-state index in [0.717, 1.165) is 28.7 Å². The first-order chi connectivity index (χ1) is 11.5. The average Bonchev–Trinajstić information content (AvgIpc) is 3.10. The minimum atomic E-state index is 0.665. The maximum atomic E-state index is 6.25. The molecule has 0 amide bonds. The summed E-state index contributed by atoms with van der Waals surface area (Å²) in [5.41, 5.74) is 3.36. The largest absolute Gasteiger partial charge is 0.302 e. The van der Waals surface area contributed by atoms with E-state index in [2.05, 4.69) is 40.9 Å². The van der Waals surface area contributed by atoms with Crippen molar-refractivity contribution in [3.8, 4) is 11.4 Å². The number of thiophene rings is 1. The zero-order valence-corrected chi connectivity index (χ0v) is 16.8. The highest BCUT2D eigenvalue weighted by Gasteiger charge is 2.17. The summed E-state index contributed by atoms with van der Waals surface area (Å²) in [5.74, 6) is 1.59. The Kier molecular flexibility index (Phi) is 5.55. The van der Waals surface area contributed by atoms with Crippen LogP contribution in [0.25, 0.3) is 11.4 Å². The van der Waals surface area contributed by atoms with Crippen molar-refractivity contribution in [2.45, 2.75) is 38.2 Å². The highest BCUT2D eigenvalue weighted by atomic mass is 35.5. The molecule has 0 aliphatic rings. The second kappa shape index (κ2) is 7.48. The first-order valence-corrected chi connectivity index (χ1v) is 10.2. The van der Waals surface area contributed by atoms with Crippen LogP contribution in [0.5, 0.6) is 0 Å². The molecule has 0 fully saturated rings. The molecule has 0 bridgehead atoms. The van der Waals surface area contributed by atoms with E-state index >= 15 is 0 Å². The summed E-state index contributed by atoms with van der Waals surface area (Å²) in [6.07, 6.45) is 0. The number of aromatic nitrogens is 3. The van der Waals surface area contributed by atoms with Crippen LogP contribution in [0.2, 0.25) is 10.0 Å².